The average molecular weight is 189 g/mol. The van der Waals surface area contributed by atoms with Crippen LogP contribution in [0.25, 0.3) is 0 Å². The molecule has 0 atom stereocenters. The van der Waals surface area contributed by atoms with Crippen LogP contribution in [0.5, 0.6) is 0 Å². The van der Waals surface area contributed by atoms with Gasteiger partial charge in [0.15, 0.2) is 0 Å². The fraction of sp³-hybridized carbons (Fsp3) is 0.727. The van der Waals surface area contributed by atoms with Gasteiger partial charge in [0.2, 0.25) is 0 Å². The molecule has 0 radical (unpaired) electrons. The zero-order valence-corrected chi connectivity index (χ0v) is 11.9. The van der Waals surface area contributed by atoms with E-state index < -0.39 is 0 Å². The molecule has 0 aliphatic carbocycles. The minimum atomic E-state index is 0. The van der Waals surface area contributed by atoms with Crippen LogP contribution in [0.15, 0.2) is 0 Å². The van der Waals surface area contributed by atoms with Gasteiger partial charge < -0.3 is 20.3 Å². The van der Waals surface area contributed by atoms with Crippen molar-refractivity contribution >= 4 is 23.1 Å². The third-order valence-corrected chi connectivity index (χ3v) is 0.707. The summed E-state index contributed by atoms with van der Waals surface area (Å²) in [4.78, 5) is 0. The van der Waals surface area contributed by atoms with Gasteiger partial charge in [-0.3, -0.25) is 0 Å². The van der Waals surface area contributed by atoms with Gasteiger partial charge in [-0.1, -0.05) is 26.7 Å². The van der Waals surface area contributed by atoms with Crippen molar-refractivity contribution in [2.45, 2.75) is 53.4 Å². The van der Waals surface area contributed by atoms with E-state index >= 15 is 0 Å². The summed E-state index contributed by atoms with van der Waals surface area (Å²) in [6.45, 7) is 15.4. The molecule has 72 valence electrons. The molecule has 2 heteroatoms. The van der Waals surface area contributed by atoms with E-state index in [4.69, 9.17) is 0 Å². The van der Waals surface area contributed by atoms with Crippen LogP contribution in [0.3, 0.4) is 0 Å². The van der Waals surface area contributed by atoms with Crippen molar-refractivity contribution in [2.24, 2.45) is 0 Å². The fourth-order valence-electron chi connectivity index (χ4n) is 0. The van der Waals surface area contributed by atoms with Crippen molar-refractivity contribution < 1.29 is 18.9 Å². The van der Waals surface area contributed by atoms with Gasteiger partial charge in [0.25, 0.3) is 0 Å². The van der Waals surface area contributed by atoms with Gasteiger partial charge in [-0.2, -0.15) is 26.7 Å². The van der Waals surface area contributed by atoms with E-state index in [1.807, 2.05) is 20.3 Å². The van der Waals surface area contributed by atoms with Crippen LogP contribution in [0.2, 0.25) is 0 Å². The maximum Gasteiger partial charge on any atom is 2.00 e. The van der Waals surface area contributed by atoms with Gasteiger partial charge in [0, 0.05) is 0 Å². The normalized spacial score (nSPS) is 6.00. The Labute approximate surface area is 115 Å². The predicted molar refractivity (Wildman–Crippen MR) is 61.9 cm³/mol. The molecule has 0 saturated heterocycles. The van der Waals surface area contributed by atoms with Crippen LogP contribution in [-0.2, 0) is 0 Å². The van der Waals surface area contributed by atoms with E-state index in [2.05, 4.69) is 27.7 Å². The minimum absolute atomic E-state index is 0. The van der Waals surface area contributed by atoms with Crippen LogP contribution in [0.4, 0.5) is 0 Å². The summed E-state index contributed by atoms with van der Waals surface area (Å²) in [7, 11) is 0. The SMILES string of the molecule is C[CH-]C.[CH2-]CCC.[CH2-]CCC.[Li+].[Mg+2]. The molecule has 0 aromatic heterocycles. The molecule has 0 aliphatic rings. The van der Waals surface area contributed by atoms with Gasteiger partial charge >= 0.3 is 41.9 Å². The maximum absolute atomic E-state index is 3.60. The second-order valence-corrected chi connectivity index (χ2v) is 2.28. The van der Waals surface area contributed by atoms with Gasteiger partial charge in [0.05, 0.1) is 0 Å². The molecule has 0 fully saturated rings. The minimum Gasteiger partial charge on any atom is -0.343 e. The van der Waals surface area contributed by atoms with Crippen molar-refractivity contribution in [2.75, 3.05) is 0 Å². The van der Waals surface area contributed by atoms with Crippen LogP contribution < -0.4 is 18.9 Å². The Morgan fingerprint density at radius 3 is 1.00 bits per heavy atom. The summed E-state index contributed by atoms with van der Waals surface area (Å²) in [5.74, 6) is 0. The Kier molecular flexibility index (Phi) is 114. The summed E-state index contributed by atoms with van der Waals surface area (Å²) < 4.78 is 0. The van der Waals surface area contributed by atoms with Crippen LogP contribution in [-0.4, -0.2) is 23.1 Å². The van der Waals surface area contributed by atoms with E-state index in [-0.39, 0.29) is 41.9 Å². The molecule has 0 N–H and O–H groups in total. The first-order valence-electron chi connectivity index (χ1n) is 4.57. The molecule has 0 heterocycles. The van der Waals surface area contributed by atoms with Crippen molar-refractivity contribution in [3.05, 3.63) is 20.3 Å². The Bertz CT molecular complexity index is 25.3. The first-order chi connectivity index (χ1) is 5.24. The Hall–Kier alpha value is 1.36. The summed E-state index contributed by atoms with van der Waals surface area (Å²) >= 11 is 0. The first-order valence-corrected chi connectivity index (χ1v) is 4.57. The number of hydrogen-bond acceptors (Lipinski definition) is 0. The number of rotatable bonds is 2. The van der Waals surface area contributed by atoms with E-state index in [1.165, 1.54) is 12.8 Å². The van der Waals surface area contributed by atoms with Crippen molar-refractivity contribution in [3.63, 3.8) is 0 Å². The topological polar surface area (TPSA) is 0 Å². The molecular formula is C11H25LiMg. The van der Waals surface area contributed by atoms with E-state index in [0.29, 0.717) is 0 Å². The monoisotopic (exact) mass is 188 g/mol. The van der Waals surface area contributed by atoms with E-state index in [1.54, 1.807) is 0 Å². The molecule has 13 heavy (non-hydrogen) atoms. The van der Waals surface area contributed by atoms with Gasteiger partial charge in [0.1, 0.15) is 0 Å². The van der Waals surface area contributed by atoms with Crippen LogP contribution >= 0.6 is 0 Å². The molecule has 0 rings (SSSR count). The summed E-state index contributed by atoms with van der Waals surface area (Å²) in [5, 5.41) is 0. The standard InChI is InChI=1S/2C4H9.C3H7.Li.Mg/c2*1-3-4-2;1-3-2;;/h2*1,3-4H2,2H3;3H,1-2H3;;/q3*-1;+1;+2. The fourth-order valence-corrected chi connectivity index (χ4v) is 0. The summed E-state index contributed by atoms with van der Waals surface area (Å²) in [5.41, 5.74) is 0. The van der Waals surface area contributed by atoms with Crippen molar-refractivity contribution in [1.82, 2.24) is 0 Å². The zero-order valence-electron chi connectivity index (χ0n) is 10.5. The molecule has 0 aromatic carbocycles. The quantitative estimate of drug-likeness (QED) is 0.450. The van der Waals surface area contributed by atoms with Crippen LogP contribution in [0.1, 0.15) is 53.4 Å². The second kappa shape index (κ2) is 50.4. The first kappa shape index (κ1) is 29.3. The third-order valence-electron chi connectivity index (χ3n) is 0.707. The number of hydrogen-bond donors (Lipinski definition) is 0. The van der Waals surface area contributed by atoms with Gasteiger partial charge in [-0.05, 0) is 0 Å². The number of unbranched alkanes of at least 4 members (excludes halogenated alkanes) is 2. The molecular weight excluding hydrogens is 163 g/mol. The van der Waals surface area contributed by atoms with Gasteiger partial charge in [-0.15, -0.1) is 0 Å². The molecule has 0 nitrogen and oxygen atoms in total. The van der Waals surface area contributed by atoms with Crippen molar-refractivity contribution in [1.29, 1.82) is 0 Å². The van der Waals surface area contributed by atoms with Crippen LogP contribution in [0, 0.1) is 20.3 Å². The van der Waals surface area contributed by atoms with Gasteiger partial charge in [-0.25, -0.2) is 0 Å². The summed E-state index contributed by atoms with van der Waals surface area (Å²) in [6, 6.07) is 0. The Balaban J connectivity index is -0.0000000231. The zero-order chi connectivity index (χ0) is 9.54. The summed E-state index contributed by atoms with van der Waals surface area (Å²) in [6.07, 6.45) is 6.56. The Morgan fingerprint density at radius 2 is 1.00 bits per heavy atom. The predicted octanol–water partition coefficient (Wildman–Crippen LogP) is 1.09. The molecule has 0 saturated carbocycles. The maximum atomic E-state index is 3.60. The molecule has 0 unspecified atom stereocenters. The largest absolute Gasteiger partial charge is 2.00 e. The molecule has 0 spiro atoms. The van der Waals surface area contributed by atoms with E-state index in [9.17, 15) is 0 Å². The smallest absolute Gasteiger partial charge is 0.343 e. The van der Waals surface area contributed by atoms with E-state index in [0.717, 1.165) is 12.8 Å². The molecule has 0 bridgehead atoms. The molecule has 0 aliphatic heterocycles. The van der Waals surface area contributed by atoms with Crippen molar-refractivity contribution in [3.8, 4) is 0 Å². The molecule has 0 aromatic rings. The third kappa shape index (κ3) is 153. The second-order valence-electron chi connectivity index (χ2n) is 2.28. The Morgan fingerprint density at radius 1 is 0.923 bits per heavy atom. The molecule has 0 amide bonds. The average Bonchev–Trinajstić information content (AvgIpc) is 2.06.